The predicted molar refractivity (Wildman–Crippen MR) is 99.3 cm³/mol. The number of aliphatic imine (C=N–C) groups is 1. The molecule has 0 bridgehead atoms. The first-order valence-corrected chi connectivity index (χ1v) is 9.16. The molecule has 25 heavy (non-hydrogen) atoms. The summed E-state index contributed by atoms with van der Waals surface area (Å²) in [4.78, 5) is 31.6. The van der Waals surface area contributed by atoms with Crippen molar-refractivity contribution in [3.05, 3.63) is 12.2 Å². The van der Waals surface area contributed by atoms with E-state index in [1.807, 2.05) is 0 Å². The molecule has 2 aliphatic heterocycles. The zero-order chi connectivity index (χ0) is 18.2. The van der Waals surface area contributed by atoms with Gasteiger partial charge in [-0.1, -0.05) is 12.2 Å². The number of hydrogen-bond acceptors (Lipinski definition) is 4. The van der Waals surface area contributed by atoms with Gasteiger partial charge in [0, 0.05) is 58.7 Å². The number of rotatable bonds is 6. The standard InChI is InChI=1S/C18H31N5O2/c1-14(2)13-22-10-7-15(8-11-22)21-18(19-3)20-9-12-23-16(24)5-4-6-17(23)25/h15H,1,4-13H2,2-3H3,(H2,19,20,21). The normalized spacial score (nSPS) is 20.7. The Labute approximate surface area is 150 Å². The summed E-state index contributed by atoms with van der Waals surface area (Å²) in [6.45, 7) is 10.0. The van der Waals surface area contributed by atoms with E-state index in [4.69, 9.17) is 0 Å². The molecule has 2 heterocycles. The minimum atomic E-state index is -0.0640. The molecule has 2 rings (SSSR count). The van der Waals surface area contributed by atoms with Crippen LogP contribution in [0, 0.1) is 0 Å². The lowest BCUT2D eigenvalue weighted by Gasteiger charge is -2.33. The highest BCUT2D eigenvalue weighted by Crippen LogP contribution is 2.12. The van der Waals surface area contributed by atoms with Crippen molar-refractivity contribution in [3.63, 3.8) is 0 Å². The number of carbonyl (C=O) groups is 2. The Balaban J connectivity index is 1.70. The van der Waals surface area contributed by atoms with Crippen molar-refractivity contribution < 1.29 is 9.59 Å². The minimum absolute atomic E-state index is 0.0640. The van der Waals surface area contributed by atoms with E-state index >= 15 is 0 Å². The lowest BCUT2D eigenvalue weighted by atomic mass is 10.0. The molecule has 0 aromatic heterocycles. The van der Waals surface area contributed by atoms with Crippen LogP contribution in [0.2, 0.25) is 0 Å². The quantitative estimate of drug-likeness (QED) is 0.320. The zero-order valence-electron chi connectivity index (χ0n) is 15.5. The van der Waals surface area contributed by atoms with E-state index in [0.29, 0.717) is 38.4 Å². The van der Waals surface area contributed by atoms with Crippen LogP contribution in [0.25, 0.3) is 0 Å². The molecule has 0 saturated carbocycles. The minimum Gasteiger partial charge on any atom is -0.355 e. The van der Waals surface area contributed by atoms with E-state index in [9.17, 15) is 9.59 Å². The fraction of sp³-hybridized carbons (Fsp3) is 0.722. The lowest BCUT2D eigenvalue weighted by molar-refractivity contribution is -0.147. The van der Waals surface area contributed by atoms with E-state index in [-0.39, 0.29) is 11.8 Å². The van der Waals surface area contributed by atoms with Crippen LogP contribution in [-0.2, 0) is 9.59 Å². The van der Waals surface area contributed by atoms with Crippen LogP contribution in [0.4, 0.5) is 0 Å². The molecular formula is C18H31N5O2. The first-order valence-electron chi connectivity index (χ1n) is 9.16. The smallest absolute Gasteiger partial charge is 0.229 e. The maximum atomic E-state index is 11.8. The summed E-state index contributed by atoms with van der Waals surface area (Å²) >= 11 is 0. The Kier molecular flexibility index (Phi) is 7.43. The Hall–Kier alpha value is -1.89. The fourth-order valence-electron chi connectivity index (χ4n) is 3.34. The summed E-state index contributed by atoms with van der Waals surface area (Å²) in [6.07, 6.45) is 3.76. The number of piperidine rings is 2. The van der Waals surface area contributed by atoms with Gasteiger partial charge in [0.05, 0.1) is 0 Å². The van der Waals surface area contributed by atoms with Crippen molar-refractivity contribution in [1.29, 1.82) is 0 Å². The van der Waals surface area contributed by atoms with E-state index in [0.717, 1.165) is 38.4 Å². The maximum absolute atomic E-state index is 11.8. The van der Waals surface area contributed by atoms with Crippen LogP contribution in [0.15, 0.2) is 17.1 Å². The average Bonchev–Trinajstić information content (AvgIpc) is 2.57. The Morgan fingerprint density at radius 2 is 1.88 bits per heavy atom. The van der Waals surface area contributed by atoms with Gasteiger partial charge in [0.1, 0.15) is 0 Å². The lowest BCUT2D eigenvalue weighted by Crippen LogP contribution is -2.50. The second-order valence-electron chi connectivity index (χ2n) is 6.94. The van der Waals surface area contributed by atoms with Gasteiger partial charge in [-0.2, -0.15) is 0 Å². The predicted octanol–water partition coefficient (Wildman–Crippen LogP) is 0.731. The van der Waals surface area contributed by atoms with Crippen LogP contribution in [0.1, 0.15) is 39.0 Å². The summed E-state index contributed by atoms with van der Waals surface area (Å²) in [7, 11) is 1.74. The highest BCUT2D eigenvalue weighted by atomic mass is 16.2. The highest BCUT2D eigenvalue weighted by molar-refractivity contribution is 5.97. The first kappa shape index (κ1) is 19.4. The summed E-state index contributed by atoms with van der Waals surface area (Å²) < 4.78 is 0. The van der Waals surface area contributed by atoms with Gasteiger partial charge >= 0.3 is 0 Å². The monoisotopic (exact) mass is 349 g/mol. The van der Waals surface area contributed by atoms with Gasteiger partial charge in [0.15, 0.2) is 5.96 Å². The third-order valence-electron chi connectivity index (χ3n) is 4.66. The number of nitrogens with one attached hydrogen (secondary N) is 2. The van der Waals surface area contributed by atoms with Crippen molar-refractivity contribution in [1.82, 2.24) is 20.4 Å². The van der Waals surface area contributed by atoms with Crippen LogP contribution in [0.3, 0.4) is 0 Å². The molecule has 2 aliphatic rings. The molecule has 7 heteroatoms. The molecule has 0 spiro atoms. The summed E-state index contributed by atoms with van der Waals surface area (Å²) in [5, 5.41) is 6.65. The maximum Gasteiger partial charge on any atom is 0.229 e. The summed E-state index contributed by atoms with van der Waals surface area (Å²) in [5.74, 6) is 0.604. The van der Waals surface area contributed by atoms with Crippen LogP contribution in [-0.4, -0.2) is 73.4 Å². The molecule has 0 aliphatic carbocycles. The van der Waals surface area contributed by atoms with Gasteiger partial charge in [-0.25, -0.2) is 0 Å². The SMILES string of the molecule is C=C(C)CN1CCC(NC(=NC)NCCN2C(=O)CCCC2=O)CC1. The molecule has 0 aromatic rings. The second-order valence-corrected chi connectivity index (χ2v) is 6.94. The number of nitrogens with zero attached hydrogens (tertiary/aromatic N) is 3. The average molecular weight is 349 g/mol. The van der Waals surface area contributed by atoms with Crippen LogP contribution < -0.4 is 10.6 Å². The molecule has 2 fully saturated rings. The number of carbonyl (C=O) groups excluding carboxylic acids is 2. The summed E-state index contributed by atoms with van der Waals surface area (Å²) in [5.41, 5.74) is 1.20. The highest BCUT2D eigenvalue weighted by Gasteiger charge is 2.25. The first-order chi connectivity index (χ1) is 12.0. The number of guanidine groups is 1. The van der Waals surface area contributed by atoms with Crippen LogP contribution in [0.5, 0.6) is 0 Å². The third-order valence-corrected chi connectivity index (χ3v) is 4.66. The largest absolute Gasteiger partial charge is 0.355 e. The third kappa shape index (κ3) is 6.16. The molecule has 0 atom stereocenters. The Morgan fingerprint density at radius 1 is 1.24 bits per heavy atom. The molecule has 0 aromatic carbocycles. The second kappa shape index (κ2) is 9.56. The molecule has 2 saturated heterocycles. The number of hydrogen-bond donors (Lipinski definition) is 2. The van der Waals surface area contributed by atoms with E-state index in [1.54, 1.807) is 7.05 Å². The number of amides is 2. The van der Waals surface area contributed by atoms with E-state index in [1.165, 1.54) is 10.5 Å². The fourth-order valence-corrected chi connectivity index (χ4v) is 3.34. The number of likely N-dealkylation sites (tertiary alicyclic amines) is 2. The molecule has 7 nitrogen and oxygen atoms in total. The van der Waals surface area contributed by atoms with Crippen molar-refractivity contribution in [2.45, 2.75) is 45.1 Å². The van der Waals surface area contributed by atoms with Gasteiger partial charge in [-0.3, -0.25) is 24.4 Å². The van der Waals surface area contributed by atoms with Crippen LogP contribution >= 0.6 is 0 Å². The zero-order valence-corrected chi connectivity index (χ0v) is 15.5. The van der Waals surface area contributed by atoms with E-state index in [2.05, 4.69) is 34.0 Å². The molecule has 2 amide bonds. The van der Waals surface area contributed by atoms with Crippen molar-refractivity contribution in [3.8, 4) is 0 Å². The molecule has 0 unspecified atom stereocenters. The van der Waals surface area contributed by atoms with Crippen molar-refractivity contribution >= 4 is 17.8 Å². The molecule has 2 N–H and O–H groups in total. The summed E-state index contributed by atoms with van der Waals surface area (Å²) in [6, 6.07) is 0.394. The van der Waals surface area contributed by atoms with E-state index < -0.39 is 0 Å². The molecule has 140 valence electrons. The molecular weight excluding hydrogens is 318 g/mol. The van der Waals surface area contributed by atoms with Gasteiger partial charge in [-0.15, -0.1) is 0 Å². The topological polar surface area (TPSA) is 77.0 Å². The Morgan fingerprint density at radius 3 is 2.44 bits per heavy atom. The van der Waals surface area contributed by atoms with Gasteiger partial charge in [-0.05, 0) is 26.2 Å². The van der Waals surface area contributed by atoms with Gasteiger partial charge in [0.25, 0.3) is 0 Å². The van der Waals surface area contributed by atoms with Gasteiger partial charge < -0.3 is 10.6 Å². The van der Waals surface area contributed by atoms with Gasteiger partial charge in [0.2, 0.25) is 11.8 Å². The Bertz CT molecular complexity index is 508. The van der Waals surface area contributed by atoms with Crippen molar-refractivity contribution in [2.75, 3.05) is 39.8 Å². The number of imide groups is 1. The molecule has 0 radical (unpaired) electrons. The van der Waals surface area contributed by atoms with Crippen molar-refractivity contribution in [2.24, 2.45) is 4.99 Å².